The summed E-state index contributed by atoms with van der Waals surface area (Å²) in [4.78, 5) is 10.4. The van der Waals surface area contributed by atoms with Crippen LogP contribution in [0.2, 0.25) is 0 Å². The van der Waals surface area contributed by atoms with Crippen LogP contribution in [0.15, 0.2) is 0 Å². The predicted octanol–water partition coefficient (Wildman–Crippen LogP) is 1.15. The second-order valence-electron chi connectivity index (χ2n) is 1.16. The van der Waals surface area contributed by atoms with Crippen LogP contribution in [0.4, 0.5) is 0 Å². The number of hydrogen-bond acceptors (Lipinski definition) is 3. The van der Waals surface area contributed by atoms with Gasteiger partial charge >= 0.3 is 0 Å². The first-order valence-corrected chi connectivity index (χ1v) is 4.02. The third-order valence-corrected chi connectivity index (χ3v) is 2.66. The molecule has 1 saturated heterocycles. The third-order valence-electron chi connectivity index (χ3n) is 0.631. The molecule has 39 valence electrons. The lowest BCUT2D eigenvalue weighted by Gasteiger charge is -2.04. The third kappa shape index (κ3) is 1.74. The number of thioether (sulfide) groups is 2. The van der Waals surface area contributed by atoms with Gasteiger partial charge in [0.25, 0.3) is 0 Å². The van der Waals surface area contributed by atoms with Gasteiger partial charge in [-0.05, 0) is 0 Å². The lowest BCUT2D eigenvalue weighted by atomic mass is 10.9. The Bertz CT molecular complexity index is 73.8. The van der Waals surface area contributed by atoms with Crippen molar-refractivity contribution in [3.63, 3.8) is 0 Å². The van der Waals surface area contributed by atoms with Crippen molar-refractivity contribution < 1.29 is 4.79 Å². The molecule has 1 heterocycles. The average Bonchev–Trinajstić information content (AvgIpc) is 1.69. The van der Waals surface area contributed by atoms with Gasteiger partial charge in [-0.3, -0.25) is 4.79 Å². The fraction of sp³-hybridized carbons (Fsp3) is 0.500. The van der Waals surface area contributed by atoms with Crippen molar-refractivity contribution in [2.45, 2.75) is 0 Å². The van der Waals surface area contributed by atoms with E-state index in [0.29, 0.717) is 10.9 Å². The molecule has 0 atom stereocenters. The van der Waals surface area contributed by atoms with Crippen LogP contribution in [0.3, 0.4) is 0 Å². The van der Waals surface area contributed by atoms with Gasteiger partial charge in [0.15, 0.2) is 5.12 Å². The van der Waals surface area contributed by atoms with Crippen LogP contribution in [-0.4, -0.2) is 16.6 Å². The summed E-state index contributed by atoms with van der Waals surface area (Å²) in [5.41, 5.74) is 0. The van der Waals surface area contributed by atoms with Gasteiger partial charge in [0.05, 0.1) is 5.75 Å². The summed E-state index contributed by atoms with van der Waals surface area (Å²) >= 11 is 3.01. The molecular weight excluding hydrogens is 128 g/mol. The average molecular weight is 133 g/mol. The number of carbonyl (C=O) groups is 1. The maximum Gasteiger partial charge on any atom is 0.198 e. The Balaban J connectivity index is 2.25. The van der Waals surface area contributed by atoms with E-state index in [-0.39, 0.29) is 0 Å². The first-order valence-electron chi connectivity index (χ1n) is 1.98. The van der Waals surface area contributed by atoms with E-state index in [1.54, 1.807) is 11.8 Å². The van der Waals surface area contributed by atoms with Gasteiger partial charge in [-0.25, -0.2) is 0 Å². The van der Waals surface area contributed by atoms with Crippen LogP contribution in [-0.2, 0) is 4.79 Å². The Kier molecular flexibility index (Phi) is 2.06. The Morgan fingerprint density at radius 2 is 2.57 bits per heavy atom. The van der Waals surface area contributed by atoms with Gasteiger partial charge in [0, 0.05) is 11.5 Å². The van der Waals surface area contributed by atoms with Crippen molar-refractivity contribution in [1.29, 1.82) is 0 Å². The van der Waals surface area contributed by atoms with E-state index in [0.717, 1.165) is 5.75 Å². The topological polar surface area (TPSA) is 17.1 Å². The maximum absolute atomic E-state index is 10.4. The van der Waals surface area contributed by atoms with Crippen LogP contribution in [0.25, 0.3) is 0 Å². The molecule has 1 aliphatic rings. The predicted molar refractivity (Wildman–Crippen MR) is 34.2 cm³/mol. The summed E-state index contributed by atoms with van der Waals surface area (Å²) in [5, 5.41) is 0.313. The molecule has 7 heavy (non-hydrogen) atoms. The summed E-state index contributed by atoms with van der Waals surface area (Å²) < 4.78 is 0. The fourth-order valence-electron chi connectivity index (χ4n) is 0.344. The van der Waals surface area contributed by atoms with Gasteiger partial charge in [-0.15, -0.1) is 11.8 Å². The second-order valence-corrected chi connectivity index (χ2v) is 3.19. The molecule has 1 radical (unpaired) electrons. The van der Waals surface area contributed by atoms with Crippen molar-refractivity contribution in [3.8, 4) is 0 Å². The van der Waals surface area contributed by atoms with Gasteiger partial charge in [0.2, 0.25) is 0 Å². The number of carbonyl (C=O) groups excluding carboxylic acids is 1. The molecule has 0 amide bonds. The highest BCUT2D eigenvalue weighted by molar-refractivity contribution is 8.18. The lowest BCUT2D eigenvalue weighted by Crippen LogP contribution is -2.01. The van der Waals surface area contributed by atoms with Gasteiger partial charge < -0.3 is 0 Å². The van der Waals surface area contributed by atoms with Gasteiger partial charge in [-0.1, -0.05) is 11.8 Å². The Labute approximate surface area is 51.2 Å². The van der Waals surface area contributed by atoms with Crippen molar-refractivity contribution >= 4 is 28.6 Å². The second kappa shape index (κ2) is 2.62. The largest absolute Gasteiger partial charge is 0.286 e. The fourth-order valence-corrected chi connectivity index (χ4v) is 1.98. The normalized spacial score (nSPS) is 22.6. The molecule has 0 unspecified atom stereocenters. The standard InChI is InChI=1S/C4H5OS2/c5-4-3-6-1-2-7-4/h1H,2-3H2. The highest BCUT2D eigenvalue weighted by atomic mass is 32.2. The van der Waals surface area contributed by atoms with E-state index in [9.17, 15) is 4.79 Å². The van der Waals surface area contributed by atoms with Crippen molar-refractivity contribution in [1.82, 2.24) is 0 Å². The minimum atomic E-state index is 0.313. The molecule has 0 N–H and O–H groups in total. The summed E-state index contributed by atoms with van der Waals surface area (Å²) in [6.07, 6.45) is 0. The molecule has 1 aliphatic heterocycles. The van der Waals surface area contributed by atoms with Crippen molar-refractivity contribution in [2.75, 3.05) is 11.5 Å². The Morgan fingerprint density at radius 3 is 2.86 bits per heavy atom. The SMILES string of the molecule is O=C1CS[CH]CS1. The Morgan fingerprint density at radius 1 is 1.71 bits per heavy atom. The van der Waals surface area contributed by atoms with E-state index < -0.39 is 0 Å². The first-order chi connectivity index (χ1) is 3.39. The summed E-state index contributed by atoms with van der Waals surface area (Å²) in [6.45, 7) is 0. The zero-order chi connectivity index (χ0) is 5.11. The van der Waals surface area contributed by atoms with Crippen LogP contribution in [0, 0.1) is 5.75 Å². The smallest absolute Gasteiger partial charge is 0.198 e. The van der Waals surface area contributed by atoms with E-state index in [1.165, 1.54) is 11.8 Å². The molecule has 1 nitrogen and oxygen atoms in total. The quantitative estimate of drug-likeness (QED) is 0.493. The van der Waals surface area contributed by atoms with E-state index in [1.807, 2.05) is 0 Å². The molecule has 0 aromatic rings. The highest BCUT2D eigenvalue weighted by Crippen LogP contribution is 2.20. The van der Waals surface area contributed by atoms with Crippen molar-refractivity contribution in [2.24, 2.45) is 0 Å². The van der Waals surface area contributed by atoms with E-state index >= 15 is 0 Å². The minimum absolute atomic E-state index is 0.313. The molecule has 1 fully saturated rings. The number of rotatable bonds is 0. The summed E-state index contributed by atoms with van der Waals surface area (Å²) in [5.74, 6) is 3.63. The number of hydrogen-bond donors (Lipinski definition) is 0. The van der Waals surface area contributed by atoms with E-state index in [2.05, 4.69) is 5.75 Å². The van der Waals surface area contributed by atoms with Gasteiger partial charge in [-0.2, -0.15) is 0 Å². The van der Waals surface area contributed by atoms with Gasteiger partial charge in [0.1, 0.15) is 0 Å². The van der Waals surface area contributed by atoms with E-state index in [4.69, 9.17) is 0 Å². The molecular formula is C4H5OS2. The first kappa shape index (κ1) is 5.51. The molecule has 0 aromatic heterocycles. The zero-order valence-corrected chi connectivity index (χ0v) is 5.35. The monoisotopic (exact) mass is 133 g/mol. The van der Waals surface area contributed by atoms with Crippen LogP contribution < -0.4 is 0 Å². The maximum atomic E-state index is 10.4. The highest BCUT2D eigenvalue weighted by Gasteiger charge is 2.07. The summed E-state index contributed by atoms with van der Waals surface area (Å²) in [7, 11) is 0. The van der Waals surface area contributed by atoms with Crippen LogP contribution >= 0.6 is 23.5 Å². The Hall–Kier alpha value is 0.370. The minimum Gasteiger partial charge on any atom is -0.286 e. The van der Waals surface area contributed by atoms with Crippen molar-refractivity contribution in [3.05, 3.63) is 5.75 Å². The zero-order valence-electron chi connectivity index (χ0n) is 3.72. The lowest BCUT2D eigenvalue weighted by molar-refractivity contribution is -0.108. The van der Waals surface area contributed by atoms with Crippen LogP contribution in [0.5, 0.6) is 0 Å². The molecule has 0 saturated carbocycles. The molecule has 0 spiro atoms. The summed E-state index contributed by atoms with van der Waals surface area (Å²) in [6, 6.07) is 0. The molecule has 1 rings (SSSR count). The molecule has 0 aromatic carbocycles. The molecule has 0 bridgehead atoms. The molecule has 0 aliphatic carbocycles. The van der Waals surface area contributed by atoms with Crippen LogP contribution in [0.1, 0.15) is 0 Å². The molecule has 3 heteroatoms.